The molecule has 1 aliphatic heterocycles. The molecule has 0 radical (unpaired) electrons. The highest BCUT2D eigenvalue weighted by molar-refractivity contribution is 5.97. The lowest BCUT2D eigenvalue weighted by molar-refractivity contribution is -0.116. The summed E-state index contributed by atoms with van der Waals surface area (Å²) in [5.74, 6) is 1.27. The Balaban J connectivity index is 2.43. The monoisotopic (exact) mass is 250 g/mol. The number of carbonyl (C=O) groups excluding carboxylic acids is 1. The van der Waals surface area contributed by atoms with Gasteiger partial charge in [-0.25, -0.2) is 0 Å². The molecule has 1 aliphatic rings. The van der Waals surface area contributed by atoms with Crippen molar-refractivity contribution in [1.29, 1.82) is 0 Å². The molecule has 98 valence electrons. The van der Waals surface area contributed by atoms with Gasteiger partial charge < -0.3 is 20.1 Å². The van der Waals surface area contributed by atoms with E-state index in [2.05, 4.69) is 17.6 Å². The van der Waals surface area contributed by atoms with Crippen molar-refractivity contribution in [1.82, 2.24) is 0 Å². The van der Waals surface area contributed by atoms with Gasteiger partial charge in [-0.05, 0) is 6.42 Å². The van der Waals surface area contributed by atoms with Crippen LogP contribution in [0.15, 0.2) is 12.1 Å². The number of hydrogen-bond donors (Lipinski definition) is 2. The predicted molar refractivity (Wildman–Crippen MR) is 70.5 cm³/mol. The number of ether oxygens (including phenoxy) is 2. The zero-order chi connectivity index (χ0) is 13.1. The van der Waals surface area contributed by atoms with E-state index in [9.17, 15) is 4.79 Å². The first kappa shape index (κ1) is 12.5. The second-order valence-corrected chi connectivity index (χ2v) is 4.25. The summed E-state index contributed by atoms with van der Waals surface area (Å²) in [6.45, 7) is 2.05. The maximum absolute atomic E-state index is 11.7. The number of benzene rings is 1. The van der Waals surface area contributed by atoms with Crippen LogP contribution >= 0.6 is 0 Å². The third kappa shape index (κ3) is 2.34. The molecule has 5 nitrogen and oxygen atoms in total. The van der Waals surface area contributed by atoms with Crippen molar-refractivity contribution < 1.29 is 14.3 Å². The minimum atomic E-state index is 0.0142. The summed E-state index contributed by atoms with van der Waals surface area (Å²) < 4.78 is 10.5. The predicted octanol–water partition coefficient (Wildman–Crippen LogP) is 2.24. The van der Waals surface area contributed by atoms with Crippen LogP contribution < -0.4 is 20.1 Å². The van der Waals surface area contributed by atoms with Crippen LogP contribution in [0.25, 0.3) is 0 Å². The van der Waals surface area contributed by atoms with Crippen molar-refractivity contribution in [3.05, 3.63) is 12.1 Å². The zero-order valence-corrected chi connectivity index (χ0v) is 10.9. The van der Waals surface area contributed by atoms with Gasteiger partial charge in [0.1, 0.15) is 0 Å². The average Bonchev–Trinajstić information content (AvgIpc) is 2.53. The highest BCUT2D eigenvalue weighted by Gasteiger charge is 2.21. The molecule has 1 atom stereocenters. The maximum atomic E-state index is 11.7. The van der Waals surface area contributed by atoms with Gasteiger partial charge in [0.15, 0.2) is 11.5 Å². The number of methoxy groups -OCH3 is 2. The Hall–Kier alpha value is -1.91. The molecule has 0 spiro atoms. The minimum Gasteiger partial charge on any atom is -0.493 e. The number of fused-ring (bicyclic) bond motifs is 1. The number of amides is 1. The van der Waals surface area contributed by atoms with Gasteiger partial charge in [-0.1, -0.05) is 6.92 Å². The number of anilines is 2. The molecule has 1 heterocycles. The number of rotatable bonds is 3. The van der Waals surface area contributed by atoms with Crippen LogP contribution in [0, 0.1) is 0 Å². The molecule has 0 aliphatic carbocycles. The van der Waals surface area contributed by atoms with Crippen LogP contribution in [0.1, 0.15) is 19.8 Å². The zero-order valence-electron chi connectivity index (χ0n) is 10.9. The van der Waals surface area contributed by atoms with Crippen LogP contribution in [-0.2, 0) is 4.79 Å². The molecule has 0 saturated carbocycles. The molecule has 0 bridgehead atoms. The number of carbonyl (C=O) groups is 1. The third-order valence-corrected chi connectivity index (χ3v) is 3.08. The lowest BCUT2D eigenvalue weighted by Crippen LogP contribution is -2.21. The Morgan fingerprint density at radius 1 is 1.22 bits per heavy atom. The van der Waals surface area contributed by atoms with Gasteiger partial charge in [0.25, 0.3) is 0 Å². The summed E-state index contributed by atoms with van der Waals surface area (Å²) in [4.78, 5) is 11.7. The lowest BCUT2D eigenvalue weighted by Gasteiger charge is -2.16. The molecule has 18 heavy (non-hydrogen) atoms. The number of nitrogens with one attached hydrogen (secondary N) is 2. The fraction of sp³-hybridized carbons (Fsp3) is 0.462. The fourth-order valence-corrected chi connectivity index (χ4v) is 2.04. The Morgan fingerprint density at radius 2 is 1.83 bits per heavy atom. The van der Waals surface area contributed by atoms with Crippen LogP contribution in [-0.4, -0.2) is 26.2 Å². The molecule has 0 saturated heterocycles. The first-order valence-electron chi connectivity index (χ1n) is 6.00. The molecule has 1 unspecified atom stereocenters. The molecule has 0 fully saturated rings. The molecule has 1 aromatic rings. The molecule has 2 rings (SSSR count). The minimum absolute atomic E-state index is 0.0142. The Kier molecular flexibility index (Phi) is 3.60. The Morgan fingerprint density at radius 3 is 2.39 bits per heavy atom. The SMILES string of the molecule is CCC1CC(=O)Nc2cc(OC)c(OC)cc2N1. The van der Waals surface area contributed by atoms with Crippen LogP contribution in [0.5, 0.6) is 11.5 Å². The van der Waals surface area contributed by atoms with Crippen LogP contribution in [0.4, 0.5) is 11.4 Å². The van der Waals surface area contributed by atoms with Crippen molar-refractivity contribution in [2.45, 2.75) is 25.8 Å². The molecule has 1 amide bonds. The molecular weight excluding hydrogens is 232 g/mol. The third-order valence-electron chi connectivity index (χ3n) is 3.08. The van der Waals surface area contributed by atoms with E-state index in [0.717, 1.165) is 17.8 Å². The summed E-state index contributed by atoms with van der Waals surface area (Å²) in [6.07, 6.45) is 1.36. The van der Waals surface area contributed by atoms with E-state index >= 15 is 0 Å². The second kappa shape index (κ2) is 5.16. The topological polar surface area (TPSA) is 59.6 Å². The first-order valence-corrected chi connectivity index (χ1v) is 6.00. The van der Waals surface area contributed by atoms with Gasteiger partial charge >= 0.3 is 0 Å². The maximum Gasteiger partial charge on any atom is 0.226 e. The van der Waals surface area contributed by atoms with Gasteiger partial charge in [0, 0.05) is 24.6 Å². The lowest BCUT2D eigenvalue weighted by atomic mass is 10.1. The van der Waals surface area contributed by atoms with E-state index in [1.165, 1.54) is 0 Å². The van der Waals surface area contributed by atoms with Crippen molar-refractivity contribution >= 4 is 17.3 Å². The summed E-state index contributed by atoms with van der Waals surface area (Å²) in [6, 6.07) is 3.77. The largest absolute Gasteiger partial charge is 0.493 e. The summed E-state index contributed by atoms with van der Waals surface area (Å²) >= 11 is 0. The summed E-state index contributed by atoms with van der Waals surface area (Å²) in [5, 5.41) is 6.22. The summed E-state index contributed by atoms with van der Waals surface area (Å²) in [5.41, 5.74) is 1.60. The normalized spacial score (nSPS) is 18.2. The van der Waals surface area contributed by atoms with Gasteiger partial charge in [-0.3, -0.25) is 4.79 Å². The molecule has 2 N–H and O–H groups in total. The van der Waals surface area contributed by atoms with Gasteiger partial charge in [-0.15, -0.1) is 0 Å². The highest BCUT2D eigenvalue weighted by Crippen LogP contribution is 2.38. The smallest absolute Gasteiger partial charge is 0.226 e. The van der Waals surface area contributed by atoms with Crippen molar-refractivity contribution in [2.75, 3.05) is 24.9 Å². The molecule has 5 heteroatoms. The Labute approximate surface area is 106 Å². The van der Waals surface area contributed by atoms with Crippen LogP contribution in [0.3, 0.4) is 0 Å². The van der Waals surface area contributed by atoms with Gasteiger partial charge in [-0.2, -0.15) is 0 Å². The quantitative estimate of drug-likeness (QED) is 0.863. The van der Waals surface area contributed by atoms with Gasteiger partial charge in [0.05, 0.1) is 25.6 Å². The number of hydrogen-bond acceptors (Lipinski definition) is 4. The van der Waals surface area contributed by atoms with Crippen molar-refractivity contribution in [3.63, 3.8) is 0 Å². The van der Waals surface area contributed by atoms with E-state index in [4.69, 9.17) is 9.47 Å². The summed E-state index contributed by atoms with van der Waals surface area (Å²) in [7, 11) is 3.17. The first-order chi connectivity index (χ1) is 8.67. The fourth-order valence-electron chi connectivity index (χ4n) is 2.04. The molecule has 1 aromatic carbocycles. The van der Waals surface area contributed by atoms with Crippen molar-refractivity contribution in [3.8, 4) is 11.5 Å². The van der Waals surface area contributed by atoms with Crippen molar-refractivity contribution in [2.24, 2.45) is 0 Å². The van der Waals surface area contributed by atoms with E-state index in [1.807, 2.05) is 6.07 Å². The standard InChI is InChI=1S/C13H18N2O3/c1-4-8-5-13(16)15-10-7-12(18-3)11(17-2)6-9(10)14-8/h6-8,14H,4-5H2,1-3H3,(H,15,16). The molecule has 0 aromatic heterocycles. The average molecular weight is 250 g/mol. The van der Waals surface area contributed by atoms with E-state index in [0.29, 0.717) is 17.9 Å². The van der Waals surface area contributed by atoms with E-state index < -0.39 is 0 Å². The van der Waals surface area contributed by atoms with Gasteiger partial charge in [0.2, 0.25) is 5.91 Å². The molecular formula is C13H18N2O3. The van der Waals surface area contributed by atoms with E-state index in [1.54, 1.807) is 20.3 Å². The Bertz CT molecular complexity index is 460. The van der Waals surface area contributed by atoms with Crippen LogP contribution in [0.2, 0.25) is 0 Å². The second-order valence-electron chi connectivity index (χ2n) is 4.25. The highest BCUT2D eigenvalue weighted by atomic mass is 16.5. The van der Waals surface area contributed by atoms with E-state index in [-0.39, 0.29) is 11.9 Å².